The number of aryl methyl sites for hydroxylation is 1. The molecule has 0 saturated carbocycles. The van der Waals surface area contributed by atoms with Crippen molar-refractivity contribution in [1.29, 1.82) is 0 Å². The van der Waals surface area contributed by atoms with Gasteiger partial charge in [-0.2, -0.15) is 0 Å². The molecule has 5 heteroatoms. The van der Waals surface area contributed by atoms with Gasteiger partial charge in [-0.25, -0.2) is 0 Å². The number of rotatable bonds is 5. The maximum Gasteiger partial charge on any atom is 0.258 e. The number of benzene rings is 2. The van der Waals surface area contributed by atoms with Crippen molar-refractivity contribution < 1.29 is 4.74 Å². The van der Waals surface area contributed by atoms with Gasteiger partial charge in [-0.1, -0.05) is 57.2 Å². The second-order valence-corrected chi connectivity index (χ2v) is 9.60. The summed E-state index contributed by atoms with van der Waals surface area (Å²) in [4.78, 5) is 15.7. The minimum atomic E-state index is -0.0862. The molecule has 0 radical (unpaired) electrons. The zero-order chi connectivity index (χ0) is 25.2. The fraction of sp³-hybridized carbons (Fsp3) is 0.387. The molecule has 0 spiro atoms. The molecule has 2 atom stereocenters. The molecule has 1 fully saturated rings. The molecule has 5 nitrogen and oxygen atoms in total. The Morgan fingerprint density at radius 1 is 1.00 bits per heavy atom. The quantitative estimate of drug-likeness (QED) is 0.329. The highest BCUT2D eigenvalue weighted by molar-refractivity contribution is 5.88. The van der Waals surface area contributed by atoms with Crippen LogP contribution >= 0.6 is 0 Å². The van der Waals surface area contributed by atoms with E-state index in [-0.39, 0.29) is 5.56 Å². The van der Waals surface area contributed by atoms with Crippen molar-refractivity contribution in [3.8, 4) is 11.4 Å². The normalized spacial score (nSPS) is 18.9. The molecule has 0 N–H and O–H groups in total. The average Bonchev–Trinajstić information content (AvgIpc) is 3.19. The summed E-state index contributed by atoms with van der Waals surface area (Å²) < 4.78 is 9.92. The molecule has 4 heterocycles. The number of piperidine rings is 1. The van der Waals surface area contributed by atoms with Gasteiger partial charge < -0.3 is 9.30 Å². The van der Waals surface area contributed by atoms with E-state index in [0.29, 0.717) is 24.4 Å². The minimum absolute atomic E-state index is 0.0862. The van der Waals surface area contributed by atoms with Crippen LogP contribution in [0.3, 0.4) is 0 Å². The van der Waals surface area contributed by atoms with Crippen LogP contribution in [0.15, 0.2) is 71.7 Å². The molecule has 2 aliphatic heterocycles. The molecule has 2 unspecified atom stereocenters. The Bertz CT molecular complexity index is 1400. The first-order chi connectivity index (χ1) is 17.6. The number of likely N-dealkylation sites (N-methyl/N-ethyl adjacent to an activating group) is 1. The highest BCUT2D eigenvalue weighted by Gasteiger charge is 2.39. The third kappa shape index (κ3) is 4.26. The maximum atomic E-state index is 13.0. The topological polar surface area (TPSA) is 39.4 Å². The first kappa shape index (κ1) is 24.4. The minimum Gasteiger partial charge on any atom is -0.489 e. The standard InChI is InChI=1S/C29H31N3O2.C2H6/c1-3-31-21-10-7-11-25(31)29-24-13-12-22(16-26(24)30(2)27(29)17-21)32-15-14-23(18-28(32)33)34-19-20-8-5-4-6-9-20;1-2/h4-6,8-9,12-16,18,21,25H,3,7,10-11,17,19H2,1-2H3;1-2H3. The predicted molar refractivity (Wildman–Crippen MR) is 147 cm³/mol. The molecular weight excluding hydrogens is 446 g/mol. The predicted octanol–water partition coefficient (Wildman–Crippen LogP) is 6.41. The molecule has 2 bridgehead atoms. The number of aromatic nitrogens is 2. The lowest BCUT2D eigenvalue weighted by Crippen LogP contribution is -2.46. The monoisotopic (exact) mass is 483 g/mol. The van der Waals surface area contributed by atoms with Gasteiger partial charge in [0.25, 0.3) is 5.56 Å². The number of hydrogen-bond donors (Lipinski definition) is 0. The van der Waals surface area contributed by atoms with Crippen molar-refractivity contribution in [1.82, 2.24) is 14.0 Å². The summed E-state index contributed by atoms with van der Waals surface area (Å²) in [5.41, 5.74) is 6.08. The molecule has 6 rings (SSSR count). The summed E-state index contributed by atoms with van der Waals surface area (Å²) in [6.07, 6.45) is 6.78. The second kappa shape index (κ2) is 10.4. The molecule has 2 aromatic heterocycles. The fourth-order valence-corrected chi connectivity index (χ4v) is 6.14. The van der Waals surface area contributed by atoms with Crippen LogP contribution in [-0.2, 0) is 20.1 Å². The molecule has 0 amide bonds. The molecule has 36 heavy (non-hydrogen) atoms. The number of ether oxygens (including phenoxy) is 1. The summed E-state index contributed by atoms with van der Waals surface area (Å²) >= 11 is 0. The Balaban J connectivity index is 0.00000130. The van der Waals surface area contributed by atoms with Gasteiger partial charge in [0.15, 0.2) is 0 Å². The number of nitrogens with zero attached hydrogens (tertiary/aromatic N) is 3. The zero-order valence-corrected chi connectivity index (χ0v) is 21.9. The van der Waals surface area contributed by atoms with Gasteiger partial charge in [0, 0.05) is 48.9 Å². The number of fused-ring (bicyclic) bond motifs is 6. The summed E-state index contributed by atoms with van der Waals surface area (Å²) in [5.74, 6) is 0.590. The lowest BCUT2D eigenvalue weighted by atomic mass is 9.82. The van der Waals surface area contributed by atoms with Gasteiger partial charge in [-0.15, -0.1) is 0 Å². The van der Waals surface area contributed by atoms with Gasteiger partial charge >= 0.3 is 0 Å². The number of pyridine rings is 1. The van der Waals surface area contributed by atoms with Gasteiger partial charge in [0.05, 0.1) is 11.2 Å². The summed E-state index contributed by atoms with van der Waals surface area (Å²) in [5, 5.41) is 1.33. The SMILES string of the molecule is CC.CCN1C2CCCC1c1c(n(C)c3cc(-n4ccc(OCc5ccccc5)cc4=O)ccc13)C2. The molecule has 188 valence electrons. The molecule has 2 aliphatic rings. The number of hydrogen-bond acceptors (Lipinski definition) is 3. The Kier molecular flexibility index (Phi) is 7.01. The second-order valence-electron chi connectivity index (χ2n) is 9.60. The van der Waals surface area contributed by atoms with E-state index in [0.717, 1.165) is 24.2 Å². The summed E-state index contributed by atoms with van der Waals surface area (Å²) in [6.45, 7) is 7.85. The van der Waals surface area contributed by atoms with Crippen LogP contribution in [0.1, 0.15) is 62.9 Å². The lowest BCUT2D eigenvalue weighted by Gasteiger charge is -2.46. The van der Waals surface area contributed by atoms with Crippen LogP contribution in [0.4, 0.5) is 0 Å². The van der Waals surface area contributed by atoms with Crippen LogP contribution in [0.2, 0.25) is 0 Å². The largest absolute Gasteiger partial charge is 0.489 e. The third-order valence-electron chi connectivity index (χ3n) is 7.78. The Morgan fingerprint density at radius 3 is 2.56 bits per heavy atom. The molecular formula is C31H37N3O2. The van der Waals surface area contributed by atoms with E-state index in [2.05, 4.69) is 41.6 Å². The Labute approximate surface area is 213 Å². The van der Waals surface area contributed by atoms with Crippen molar-refractivity contribution in [3.63, 3.8) is 0 Å². The van der Waals surface area contributed by atoms with Crippen molar-refractivity contribution in [2.45, 2.75) is 65.1 Å². The highest BCUT2D eigenvalue weighted by atomic mass is 16.5. The fourth-order valence-electron chi connectivity index (χ4n) is 6.14. The van der Waals surface area contributed by atoms with Crippen molar-refractivity contribution in [3.05, 3.63) is 94.0 Å². The van der Waals surface area contributed by atoms with Crippen LogP contribution in [0, 0.1) is 0 Å². The Morgan fingerprint density at radius 2 is 1.81 bits per heavy atom. The maximum absolute atomic E-state index is 13.0. The summed E-state index contributed by atoms with van der Waals surface area (Å²) in [7, 11) is 2.19. The smallest absolute Gasteiger partial charge is 0.258 e. The van der Waals surface area contributed by atoms with E-state index in [1.807, 2.05) is 56.4 Å². The van der Waals surface area contributed by atoms with Gasteiger partial charge in [-0.05, 0) is 55.1 Å². The first-order valence-electron chi connectivity index (χ1n) is 13.4. The van der Waals surface area contributed by atoms with E-state index < -0.39 is 0 Å². The first-order valence-corrected chi connectivity index (χ1v) is 13.4. The molecule has 4 aromatic rings. The van der Waals surface area contributed by atoms with Crippen molar-refractivity contribution in [2.24, 2.45) is 7.05 Å². The van der Waals surface area contributed by atoms with Crippen molar-refractivity contribution in [2.75, 3.05) is 6.54 Å². The van der Waals surface area contributed by atoms with Gasteiger partial charge in [-0.3, -0.25) is 14.3 Å². The van der Waals surface area contributed by atoms with Crippen molar-refractivity contribution >= 4 is 10.9 Å². The van der Waals surface area contributed by atoms with Crippen LogP contribution in [0.25, 0.3) is 16.6 Å². The van der Waals surface area contributed by atoms with E-state index in [1.54, 1.807) is 10.6 Å². The average molecular weight is 484 g/mol. The van der Waals surface area contributed by atoms with E-state index in [9.17, 15) is 4.79 Å². The van der Waals surface area contributed by atoms with E-state index >= 15 is 0 Å². The zero-order valence-electron chi connectivity index (χ0n) is 21.9. The van der Waals surface area contributed by atoms with Gasteiger partial charge in [0.1, 0.15) is 12.4 Å². The van der Waals surface area contributed by atoms with Crippen LogP contribution in [-0.4, -0.2) is 26.6 Å². The third-order valence-corrected chi connectivity index (χ3v) is 7.78. The Hall–Kier alpha value is -3.31. The van der Waals surface area contributed by atoms with E-state index in [1.165, 1.54) is 41.4 Å². The molecule has 1 saturated heterocycles. The lowest BCUT2D eigenvalue weighted by molar-refractivity contribution is 0.0747. The highest BCUT2D eigenvalue weighted by Crippen LogP contribution is 2.45. The van der Waals surface area contributed by atoms with Gasteiger partial charge in [0.2, 0.25) is 0 Å². The van der Waals surface area contributed by atoms with Crippen LogP contribution < -0.4 is 10.3 Å². The van der Waals surface area contributed by atoms with Crippen LogP contribution in [0.5, 0.6) is 5.75 Å². The molecule has 0 aliphatic carbocycles. The van der Waals surface area contributed by atoms with E-state index in [4.69, 9.17) is 4.74 Å². The molecule has 2 aromatic carbocycles. The summed E-state index contributed by atoms with van der Waals surface area (Å²) in [6, 6.07) is 21.1.